The molecule has 0 radical (unpaired) electrons. The highest BCUT2D eigenvalue weighted by Crippen LogP contribution is 2.29. The molecule has 2 aromatic heterocycles. The Kier molecular flexibility index (Phi) is 5.92. The third-order valence-corrected chi connectivity index (χ3v) is 5.29. The van der Waals surface area contributed by atoms with Gasteiger partial charge in [0.05, 0.1) is 19.7 Å². The van der Waals surface area contributed by atoms with Gasteiger partial charge in [0.2, 0.25) is 0 Å². The van der Waals surface area contributed by atoms with E-state index in [0.717, 1.165) is 24.7 Å². The Morgan fingerprint density at radius 1 is 1.04 bits per heavy atom. The number of nitrogens with zero attached hydrogens (tertiary/aromatic N) is 6. The van der Waals surface area contributed by atoms with Crippen LogP contribution in [0.4, 0.5) is 0 Å². The first-order valence-corrected chi connectivity index (χ1v) is 9.83. The van der Waals surface area contributed by atoms with E-state index in [-0.39, 0.29) is 0 Å². The van der Waals surface area contributed by atoms with Crippen LogP contribution in [-0.4, -0.2) is 37.2 Å². The molecule has 0 atom stereocenters. The molecule has 28 heavy (non-hydrogen) atoms. The first-order valence-electron chi connectivity index (χ1n) is 9.83. The van der Waals surface area contributed by atoms with Crippen molar-refractivity contribution < 1.29 is 4.74 Å². The first-order chi connectivity index (χ1) is 13.8. The highest BCUT2D eigenvalue weighted by Gasteiger charge is 2.22. The molecule has 146 valence electrons. The number of rotatable bonds is 8. The molecule has 7 nitrogen and oxygen atoms in total. The third-order valence-electron chi connectivity index (χ3n) is 5.29. The van der Waals surface area contributed by atoms with E-state index in [2.05, 4.69) is 43.6 Å². The van der Waals surface area contributed by atoms with Crippen LogP contribution in [0.5, 0.6) is 5.75 Å². The highest BCUT2D eigenvalue weighted by molar-refractivity contribution is 5.27. The predicted octanol–water partition coefficient (Wildman–Crippen LogP) is 3.39. The van der Waals surface area contributed by atoms with E-state index in [1.54, 1.807) is 13.3 Å². The van der Waals surface area contributed by atoms with Gasteiger partial charge in [-0.15, -0.1) is 5.10 Å². The van der Waals surface area contributed by atoms with Gasteiger partial charge in [0.25, 0.3) is 0 Å². The molecule has 0 spiro atoms. The zero-order chi connectivity index (χ0) is 19.2. The Morgan fingerprint density at radius 3 is 2.54 bits per heavy atom. The van der Waals surface area contributed by atoms with Crippen molar-refractivity contribution in [1.29, 1.82) is 0 Å². The zero-order valence-corrected chi connectivity index (χ0v) is 16.2. The van der Waals surface area contributed by atoms with Crippen LogP contribution in [0, 0.1) is 0 Å². The van der Waals surface area contributed by atoms with Gasteiger partial charge < -0.3 is 4.74 Å². The van der Waals surface area contributed by atoms with Crippen molar-refractivity contribution in [3.63, 3.8) is 0 Å². The standard InChI is InChI=1S/C21H26N6O/c1-28-20-10-8-17(9-11-20)14-26(15-18-5-4-12-22-13-18)16-21-23-24-25-27(21)19-6-2-3-7-19/h4-5,8-13,19H,2-3,6-7,14-16H2,1H3. The van der Waals surface area contributed by atoms with Gasteiger partial charge >= 0.3 is 0 Å². The van der Waals surface area contributed by atoms with Gasteiger partial charge in [-0.3, -0.25) is 9.88 Å². The van der Waals surface area contributed by atoms with Gasteiger partial charge in [-0.05, 0) is 52.6 Å². The second kappa shape index (κ2) is 8.93. The molecule has 1 aliphatic carbocycles. The molecule has 0 saturated heterocycles. The van der Waals surface area contributed by atoms with Crippen molar-refractivity contribution in [2.24, 2.45) is 0 Å². The van der Waals surface area contributed by atoms with Crippen LogP contribution in [0.2, 0.25) is 0 Å². The minimum atomic E-state index is 0.436. The van der Waals surface area contributed by atoms with Crippen molar-refractivity contribution in [2.45, 2.75) is 51.4 Å². The first kappa shape index (κ1) is 18.6. The van der Waals surface area contributed by atoms with Gasteiger partial charge in [0.1, 0.15) is 5.75 Å². The Labute approximate surface area is 165 Å². The monoisotopic (exact) mass is 378 g/mol. The average Bonchev–Trinajstić information content (AvgIpc) is 3.41. The molecule has 7 heteroatoms. The molecule has 0 unspecified atom stereocenters. The van der Waals surface area contributed by atoms with Gasteiger partial charge in [-0.2, -0.15) is 0 Å². The Hall–Kier alpha value is -2.80. The van der Waals surface area contributed by atoms with E-state index in [0.29, 0.717) is 12.6 Å². The maximum atomic E-state index is 5.28. The van der Waals surface area contributed by atoms with Crippen LogP contribution in [-0.2, 0) is 19.6 Å². The van der Waals surface area contributed by atoms with Crippen molar-refractivity contribution in [3.05, 3.63) is 65.7 Å². The smallest absolute Gasteiger partial charge is 0.165 e. The fraction of sp³-hybridized carbons (Fsp3) is 0.429. The maximum absolute atomic E-state index is 5.28. The molecule has 1 aliphatic rings. The molecule has 3 aromatic rings. The number of benzene rings is 1. The van der Waals surface area contributed by atoms with Gasteiger partial charge in [-0.1, -0.05) is 31.0 Å². The summed E-state index contributed by atoms with van der Waals surface area (Å²) < 4.78 is 7.31. The number of ether oxygens (including phenoxy) is 1. The Bertz CT molecular complexity index is 858. The largest absolute Gasteiger partial charge is 0.497 e. The number of hydrogen-bond acceptors (Lipinski definition) is 6. The molecule has 1 aromatic carbocycles. The molecular weight excluding hydrogens is 352 g/mol. The van der Waals surface area contributed by atoms with Crippen molar-refractivity contribution in [3.8, 4) is 5.75 Å². The maximum Gasteiger partial charge on any atom is 0.165 e. The molecule has 0 bridgehead atoms. The lowest BCUT2D eigenvalue weighted by Gasteiger charge is -2.23. The summed E-state index contributed by atoms with van der Waals surface area (Å²) in [6.07, 6.45) is 8.57. The lowest BCUT2D eigenvalue weighted by Crippen LogP contribution is -2.25. The third kappa shape index (κ3) is 4.54. The number of methoxy groups -OCH3 is 1. The quantitative estimate of drug-likeness (QED) is 0.598. The Morgan fingerprint density at radius 2 is 1.82 bits per heavy atom. The molecule has 0 amide bonds. The molecule has 0 aliphatic heterocycles. The number of pyridine rings is 1. The van der Waals surface area contributed by atoms with Crippen LogP contribution < -0.4 is 4.74 Å². The fourth-order valence-electron chi connectivity index (χ4n) is 3.86. The summed E-state index contributed by atoms with van der Waals surface area (Å²) in [4.78, 5) is 6.61. The van der Waals surface area contributed by atoms with E-state index in [4.69, 9.17) is 4.74 Å². The average molecular weight is 378 g/mol. The van der Waals surface area contributed by atoms with Crippen LogP contribution in [0.1, 0.15) is 48.7 Å². The molecule has 0 N–H and O–H groups in total. The lowest BCUT2D eigenvalue weighted by atomic mass is 10.2. The second-order valence-corrected chi connectivity index (χ2v) is 7.33. The number of hydrogen-bond donors (Lipinski definition) is 0. The van der Waals surface area contributed by atoms with E-state index < -0.39 is 0 Å². The fourth-order valence-corrected chi connectivity index (χ4v) is 3.86. The lowest BCUT2D eigenvalue weighted by molar-refractivity contribution is 0.232. The summed E-state index contributed by atoms with van der Waals surface area (Å²) in [6.45, 7) is 2.29. The van der Waals surface area contributed by atoms with Crippen LogP contribution in [0.25, 0.3) is 0 Å². The summed E-state index contributed by atoms with van der Waals surface area (Å²) in [7, 11) is 1.69. The summed E-state index contributed by atoms with van der Waals surface area (Å²) in [6, 6.07) is 12.7. The van der Waals surface area contributed by atoms with Crippen molar-refractivity contribution in [1.82, 2.24) is 30.1 Å². The zero-order valence-electron chi connectivity index (χ0n) is 16.2. The minimum Gasteiger partial charge on any atom is -0.497 e. The summed E-state index contributed by atoms with van der Waals surface area (Å²) in [5.41, 5.74) is 2.40. The van der Waals surface area contributed by atoms with E-state index >= 15 is 0 Å². The SMILES string of the molecule is COc1ccc(CN(Cc2cccnc2)Cc2nnnn2C2CCCC2)cc1. The van der Waals surface area contributed by atoms with Crippen molar-refractivity contribution in [2.75, 3.05) is 7.11 Å². The normalized spacial score (nSPS) is 14.6. The van der Waals surface area contributed by atoms with E-state index in [9.17, 15) is 0 Å². The molecule has 4 rings (SSSR count). The molecule has 1 saturated carbocycles. The topological polar surface area (TPSA) is 69.0 Å². The van der Waals surface area contributed by atoms with Crippen molar-refractivity contribution >= 4 is 0 Å². The predicted molar refractivity (Wildman–Crippen MR) is 106 cm³/mol. The minimum absolute atomic E-state index is 0.436. The van der Waals surface area contributed by atoms with Gasteiger partial charge in [0, 0.05) is 25.5 Å². The summed E-state index contributed by atoms with van der Waals surface area (Å²) >= 11 is 0. The van der Waals surface area contributed by atoms with E-state index in [1.807, 2.05) is 29.1 Å². The van der Waals surface area contributed by atoms with Crippen LogP contribution >= 0.6 is 0 Å². The van der Waals surface area contributed by atoms with Crippen LogP contribution in [0.15, 0.2) is 48.8 Å². The molecular formula is C21H26N6O. The van der Waals surface area contributed by atoms with Gasteiger partial charge in [0.15, 0.2) is 5.82 Å². The summed E-state index contributed by atoms with van der Waals surface area (Å²) in [5, 5.41) is 12.6. The summed E-state index contributed by atoms with van der Waals surface area (Å²) in [5.74, 6) is 1.80. The van der Waals surface area contributed by atoms with Crippen LogP contribution in [0.3, 0.4) is 0 Å². The highest BCUT2D eigenvalue weighted by atomic mass is 16.5. The van der Waals surface area contributed by atoms with Gasteiger partial charge in [-0.25, -0.2) is 4.68 Å². The van der Waals surface area contributed by atoms with E-state index in [1.165, 1.54) is 36.8 Å². The number of aromatic nitrogens is 5. The molecule has 2 heterocycles. The second-order valence-electron chi connectivity index (χ2n) is 7.33. The number of tetrazole rings is 1. The Balaban J connectivity index is 1.53. The molecule has 1 fully saturated rings.